The number of nitrogens with zero attached hydrogens (tertiary/aromatic N) is 4. The third-order valence-corrected chi connectivity index (χ3v) is 3.49. The number of hydrogen-bond donors (Lipinski definition) is 2. The molecule has 0 radical (unpaired) electrons. The SMILES string of the molecule is CN(CC(O)COCc1ccccc1)c1ncnc2[nH]ncc12. The number of nitrogens with one attached hydrogen (secondary N) is 1. The first-order chi connectivity index (χ1) is 11.2. The van der Waals surface area contributed by atoms with Gasteiger partial charge < -0.3 is 14.7 Å². The standard InChI is InChI=1S/C16H19N5O2/c1-21(16-14-7-19-20-15(14)17-11-18-16)8-13(22)10-23-9-12-5-3-2-4-6-12/h2-7,11,13,22H,8-10H2,1H3,(H,17,18,19,20). The first-order valence-corrected chi connectivity index (χ1v) is 7.39. The molecule has 0 saturated carbocycles. The highest BCUT2D eigenvalue weighted by atomic mass is 16.5. The van der Waals surface area contributed by atoms with Crippen LogP contribution >= 0.6 is 0 Å². The highest BCUT2D eigenvalue weighted by Crippen LogP contribution is 2.19. The summed E-state index contributed by atoms with van der Waals surface area (Å²) in [4.78, 5) is 10.2. The van der Waals surface area contributed by atoms with Gasteiger partial charge in [-0.05, 0) is 5.56 Å². The van der Waals surface area contributed by atoms with Crippen LogP contribution < -0.4 is 4.90 Å². The quantitative estimate of drug-likeness (QED) is 0.685. The Morgan fingerprint density at radius 1 is 1.26 bits per heavy atom. The number of likely N-dealkylation sites (N-methyl/N-ethyl adjacent to an activating group) is 1. The summed E-state index contributed by atoms with van der Waals surface area (Å²) in [7, 11) is 1.87. The molecular formula is C16H19N5O2. The third-order valence-electron chi connectivity index (χ3n) is 3.49. The van der Waals surface area contributed by atoms with Crippen molar-refractivity contribution >= 4 is 16.9 Å². The van der Waals surface area contributed by atoms with Gasteiger partial charge in [-0.25, -0.2) is 9.97 Å². The van der Waals surface area contributed by atoms with Crippen molar-refractivity contribution in [2.75, 3.05) is 25.1 Å². The van der Waals surface area contributed by atoms with Gasteiger partial charge in [-0.3, -0.25) is 5.10 Å². The smallest absolute Gasteiger partial charge is 0.160 e. The summed E-state index contributed by atoms with van der Waals surface area (Å²) in [5.74, 6) is 0.728. The van der Waals surface area contributed by atoms with Gasteiger partial charge in [0.1, 0.15) is 12.1 Å². The molecule has 2 aromatic heterocycles. The maximum absolute atomic E-state index is 10.1. The lowest BCUT2D eigenvalue weighted by Gasteiger charge is -2.22. The molecule has 2 N–H and O–H groups in total. The molecule has 2 heterocycles. The lowest BCUT2D eigenvalue weighted by molar-refractivity contribution is 0.0324. The van der Waals surface area contributed by atoms with Crippen molar-refractivity contribution in [2.45, 2.75) is 12.7 Å². The molecule has 0 bridgehead atoms. The first kappa shape index (κ1) is 15.4. The van der Waals surface area contributed by atoms with E-state index in [1.165, 1.54) is 6.33 Å². The van der Waals surface area contributed by atoms with Crippen molar-refractivity contribution in [2.24, 2.45) is 0 Å². The van der Waals surface area contributed by atoms with Crippen LogP contribution in [0.25, 0.3) is 11.0 Å². The van der Waals surface area contributed by atoms with Gasteiger partial charge in [0.15, 0.2) is 5.65 Å². The number of H-pyrrole nitrogens is 1. The van der Waals surface area contributed by atoms with Crippen LogP contribution in [0.4, 0.5) is 5.82 Å². The zero-order valence-corrected chi connectivity index (χ0v) is 12.9. The van der Waals surface area contributed by atoms with E-state index in [-0.39, 0.29) is 6.61 Å². The van der Waals surface area contributed by atoms with E-state index in [0.29, 0.717) is 18.8 Å². The van der Waals surface area contributed by atoms with E-state index in [0.717, 1.165) is 16.8 Å². The molecule has 0 aliphatic rings. The summed E-state index contributed by atoms with van der Waals surface area (Å²) in [5.41, 5.74) is 1.76. The maximum Gasteiger partial charge on any atom is 0.160 e. The average Bonchev–Trinajstić information content (AvgIpc) is 3.04. The third kappa shape index (κ3) is 3.82. The van der Waals surface area contributed by atoms with Crippen molar-refractivity contribution in [3.05, 3.63) is 48.4 Å². The van der Waals surface area contributed by atoms with Crippen LogP contribution in [0.15, 0.2) is 42.9 Å². The fourth-order valence-corrected chi connectivity index (χ4v) is 2.40. The summed E-state index contributed by atoms with van der Waals surface area (Å²) < 4.78 is 5.56. The molecule has 0 saturated heterocycles. The molecule has 1 atom stereocenters. The van der Waals surface area contributed by atoms with Crippen molar-refractivity contribution in [1.82, 2.24) is 20.2 Å². The summed E-state index contributed by atoms with van der Waals surface area (Å²) in [6.07, 6.45) is 2.55. The molecule has 7 heteroatoms. The van der Waals surface area contributed by atoms with Gasteiger partial charge in [0.25, 0.3) is 0 Å². The monoisotopic (exact) mass is 313 g/mol. The van der Waals surface area contributed by atoms with Gasteiger partial charge in [0.05, 0.1) is 30.9 Å². The van der Waals surface area contributed by atoms with Gasteiger partial charge in [0.2, 0.25) is 0 Å². The number of benzene rings is 1. The molecule has 0 aliphatic carbocycles. The number of anilines is 1. The van der Waals surface area contributed by atoms with E-state index >= 15 is 0 Å². The average molecular weight is 313 g/mol. The molecular weight excluding hydrogens is 294 g/mol. The minimum Gasteiger partial charge on any atom is -0.389 e. The minimum atomic E-state index is -0.611. The predicted molar refractivity (Wildman–Crippen MR) is 87.1 cm³/mol. The van der Waals surface area contributed by atoms with Crippen LogP contribution in [-0.2, 0) is 11.3 Å². The molecule has 3 aromatic rings. The Labute approximate surface area is 133 Å². The molecule has 3 rings (SSSR count). The molecule has 0 fully saturated rings. The number of rotatable bonds is 7. The number of fused-ring (bicyclic) bond motifs is 1. The zero-order valence-electron chi connectivity index (χ0n) is 12.9. The summed E-state index contributed by atoms with van der Waals surface area (Å²) in [6, 6.07) is 9.89. The number of aliphatic hydroxyl groups excluding tert-OH is 1. The topological polar surface area (TPSA) is 87.2 Å². The van der Waals surface area contributed by atoms with E-state index in [2.05, 4.69) is 20.2 Å². The molecule has 23 heavy (non-hydrogen) atoms. The van der Waals surface area contributed by atoms with Crippen LogP contribution in [0.3, 0.4) is 0 Å². The molecule has 120 valence electrons. The Bertz CT molecular complexity index is 746. The second kappa shape index (κ2) is 7.17. The summed E-state index contributed by atoms with van der Waals surface area (Å²) in [5, 5.41) is 17.7. The van der Waals surface area contributed by atoms with Gasteiger partial charge >= 0.3 is 0 Å². The van der Waals surface area contributed by atoms with Crippen LogP contribution in [0.2, 0.25) is 0 Å². The molecule has 0 aliphatic heterocycles. The number of aromatic amines is 1. The highest BCUT2D eigenvalue weighted by Gasteiger charge is 2.14. The van der Waals surface area contributed by atoms with E-state index < -0.39 is 6.10 Å². The summed E-state index contributed by atoms with van der Waals surface area (Å²) in [6.45, 7) is 1.16. The summed E-state index contributed by atoms with van der Waals surface area (Å²) >= 11 is 0. The van der Waals surface area contributed by atoms with E-state index in [1.807, 2.05) is 42.3 Å². The van der Waals surface area contributed by atoms with Crippen LogP contribution in [-0.4, -0.2) is 51.6 Å². The van der Waals surface area contributed by atoms with Crippen LogP contribution in [0, 0.1) is 0 Å². The molecule has 1 unspecified atom stereocenters. The van der Waals surface area contributed by atoms with Gasteiger partial charge in [-0.1, -0.05) is 30.3 Å². The van der Waals surface area contributed by atoms with Crippen molar-refractivity contribution in [3.63, 3.8) is 0 Å². The number of aliphatic hydroxyl groups is 1. The predicted octanol–water partition coefficient (Wildman–Crippen LogP) is 1.37. The number of ether oxygens (including phenoxy) is 1. The lowest BCUT2D eigenvalue weighted by atomic mass is 10.2. The van der Waals surface area contributed by atoms with E-state index in [4.69, 9.17) is 4.74 Å². The normalized spacial score (nSPS) is 12.4. The second-order valence-electron chi connectivity index (χ2n) is 5.36. The number of hydrogen-bond acceptors (Lipinski definition) is 6. The Morgan fingerprint density at radius 2 is 2.09 bits per heavy atom. The maximum atomic E-state index is 10.1. The van der Waals surface area contributed by atoms with E-state index in [1.54, 1.807) is 6.20 Å². The van der Waals surface area contributed by atoms with Crippen LogP contribution in [0.1, 0.15) is 5.56 Å². The van der Waals surface area contributed by atoms with Crippen molar-refractivity contribution < 1.29 is 9.84 Å². The zero-order chi connectivity index (χ0) is 16.1. The first-order valence-electron chi connectivity index (χ1n) is 7.39. The van der Waals surface area contributed by atoms with Gasteiger partial charge in [-0.15, -0.1) is 0 Å². The van der Waals surface area contributed by atoms with E-state index in [9.17, 15) is 5.11 Å². The van der Waals surface area contributed by atoms with Gasteiger partial charge in [-0.2, -0.15) is 5.10 Å². The lowest BCUT2D eigenvalue weighted by Crippen LogP contribution is -2.32. The second-order valence-corrected chi connectivity index (χ2v) is 5.36. The van der Waals surface area contributed by atoms with Gasteiger partial charge in [0, 0.05) is 13.6 Å². The largest absolute Gasteiger partial charge is 0.389 e. The number of aromatic nitrogens is 4. The van der Waals surface area contributed by atoms with Crippen molar-refractivity contribution in [1.29, 1.82) is 0 Å². The fraction of sp³-hybridized carbons (Fsp3) is 0.312. The molecule has 0 amide bonds. The fourth-order valence-electron chi connectivity index (χ4n) is 2.40. The Hall–Kier alpha value is -2.51. The molecule has 0 spiro atoms. The van der Waals surface area contributed by atoms with Crippen molar-refractivity contribution in [3.8, 4) is 0 Å². The minimum absolute atomic E-state index is 0.263. The Kier molecular flexibility index (Phi) is 4.80. The highest BCUT2D eigenvalue weighted by molar-refractivity contribution is 5.85. The Morgan fingerprint density at radius 3 is 2.91 bits per heavy atom. The van der Waals surface area contributed by atoms with Crippen LogP contribution in [0.5, 0.6) is 0 Å². The Balaban J connectivity index is 1.53. The molecule has 7 nitrogen and oxygen atoms in total. The molecule has 1 aromatic carbocycles.